The number of hydrogen-bond donors (Lipinski definition) is 1. The number of nitrogens with one attached hydrogen (secondary N) is 1. The molecule has 1 aromatic rings. The first-order valence-corrected chi connectivity index (χ1v) is 5.20. The second-order valence-electron chi connectivity index (χ2n) is 3.82. The molecule has 0 amide bonds. The third-order valence-electron chi connectivity index (χ3n) is 2.89. The molecule has 0 spiro atoms. The largest absolute Gasteiger partial charge is 0.493 e. The molecule has 1 aliphatic rings. The Morgan fingerprint density at radius 1 is 1.25 bits per heavy atom. The van der Waals surface area contributed by atoms with Gasteiger partial charge in [0, 0.05) is 11.6 Å². The molecule has 0 aromatic heterocycles. The third kappa shape index (κ3) is 1.65. The zero-order valence-corrected chi connectivity index (χ0v) is 9.66. The molecule has 0 saturated carbocycles. The minimum atomic E-state index is 0.0917. The fourth-order valence-corrected chi connectivity index (χ4v) is 1.95. The van der Waals surface area contributed by atoms with Gasteiger partial charge in [0.25, 0.3) is 0 Å². The highest BCUT2D eigenvalue weighted by Crippen LogP contribution is 2.34. The Labute approximate surface area is 94.6 Å². The van der Waals surface area contributed by atoms with Crippen molar-refractivity contribution in [2.24, 2.45) is 0 Å². The number of fused-ring (bicyclic) bond motifs is 1. The number of rotatable bonds is 2. The second kappa shape index (κ2) is 4.14. The van der Waals surface area contributed by atoms with Crippen molar-refractivity contribution in [3.05, 3.63) is 23.3 Å². The number of Topliss-reactive ketones (excluding diaryl/α,β-unsaturated/α-hetero) is 1. The lowest BCUT2D eigenvalue weighted by Crippen LogP contribution is -2.33. The van der Waals surface area contributed by atoms with Gasteiger partial charge in [-0.05, 0) is 24.6 Å². The first-order chi connectivity index (χ1) is 7.67. The molecule has 1 aromatic carbocycles. The van der Waals surface area contributed by atoms with E-state index in [4.69, 9.17) is 9.47 Å². The third-order valence-corrected chi connectivity index (χ3v) is 2.89. The van der Waals surface area contributed by atoms with Gasteiger partial charge in [-0.15, -0.1) is 0 Å². The van der Waals surface area contributed by atoms with E-state index in [-0.39, 0.29) is 11.8 Å². The molecule has 1 heterocycles. The van der Waals surface area contributed by atoms with Crippen molar-refractivity contribution < 1.29 is 14.3 Å². The zero-order chi connectivity index (χ0) is 11.7. The number of hydrogen-bond acceptors (Lipinski definition) is 4. The predicted octanol–water partition coefficient (Wildman–Crippen LogP) is 1.55. The van der Waals surface area contributed by atoms with Crippen molar-refractivity contribution >= 4 is 5.78 Å². The molecule has 0 bridgehead atoms. The summed E-state index contributed by atoms with van der Waals surface area (Å²) in [6.07, 6.45) is 0. The minimum absolute atomic E-state index is 0.0917. The zero-order valence-electron chi connectivity index (χ0n) is 9.66. The molecule has 4 heteroatoms. The van der Waals surface area contributed by atoms with E-state index < -0.39 is 0 Å². The van der Waals surface area contributed by atoms with Gasteiger partial charge in [0.1, 0.15) is 0 Å². The van der Waals surface area contributed by atoms with E-state index >= 15 is 0 Å². The minimum Gasteiger partial charge on any atom is -0.493 e. The fraction of sp³-hybridized carbons (Fsp3) is 0.417. The van der Waals surface area contributed by atoms with E-state index in [0.29, 0.717) is 18.0 Å². The highest BCUT2D eigenvalue weighted by atomic mass is 16.5. The Hall–Kier alpha value is -1.55. The molecule has 0 fully saturated rings. The molecular weight excluding hydrogens is 206 g/mol. The van der Waals surface area contributed by atoms with Crippen molar-refractivity contribution in [1.82, 2.24) is 5.32 Å². The van der Waals surface area contributed by atoms with Gasteiger partial charge in [-0.1, -0.05) is 0 Å². The van der Waals surface area contributed by atoms with Crippen LogP contribution in [0.15, 0.2) is 12.1 Å². The first kappa shape index (κ1) is 11.0. The maximum absolute atomic E-state index is 11.7. The fourth-order valence-electron chi connectivity index (χ4n) is 1.95. The Balaban J connectivity index is 2.58. The van der Waals surface area contributed by atoms with E-state index in [1.54, 1.807) is 20.3 Å². The summed E-state index contributed by atoms with van der Waals surface area (Å²) in [5.74, 6) is 1.35. The normalized spacial score (nSPS) is 19.2. The van der Waals surface area contributed by atoms with Crippen LogP contribution in [0.5, 0.6) is 11.5 Å². The molecule has 16 heavy (non-hydrogen) atoms. The van der Waals surface area contributed by atoms with Gasteiger partial charge in [-0.2, -0.15) is 0 Å². The van der Waals surface area contributed by atoms with Crippen LogP contribution >= 0.6 is 0 Å². The molecule has 0 radical (unpaired) electrons. The van der Waals surface area contributed by atoms with E-state index in [0.717, 1.165) is 11.1 Å². The van der Waals surface area contributed by atoms with Gasteiger partial charge in [0.15, 0.2) is 17.3 Å². The van der Waals surface area contributed by atoms with Crippen molar-refractivity contribution in [1.29, 1.82) is 0 Å². The van der Waals surface area contributed by atoms with Crippen molar-refractivity contribution in [3.8, 4) is 11.5 Å². The molecule has 4 nitrogen and oxygen atoms in total. The second-order valence-corrected chi connectivity index (χ2v) is 3.82. The topological polar surface area (TPSA) is 47.6 Å². The summed E-state index contributed by atoms with van der Waals surface area (Å²) in [6, 6.07) is 3.78. The molecule has 2 rings (SSSR count). The van der Waals surface area contributed by atoms with Crippen molar-refractivity contribution in [3.63, 3.8) is 0 Å². The van der Waals surface area contributed by atoms with Crippen LogP contribution in [0, 0.1) is 0 Å². The van der Waals surface area contributed by atoms with Crippen LogP contribution in [0.4, 0.5) is 0 Å². The number of ether oxygens (including phenoxy) is 2. The van der Waals surface area contributed by atoms with Crippen molar-refractivity contribution in [2.45, 2.75) is 13.0 Å². The molecule has 86 valence electrons. The molecular formula is C12H15NO3. The van der Waals surface area contributed by atoms with Crippen LogP contribution in [0.1, 0.15) is 28.9 Å². The SMILES string of the molecule is COc1cc2c(cc1OC)C(C)NCC2=O. The summed E-state index contributed by atoms with van der Waals surface area (Å²) >= 11 is 0. The summed E-state index contributed by atoms with van der Waals surface area (Å²) in [6.45, 7) is 2.40. The average Bonchev–Trinajstić information content (AvgIpc) is 2.32. The quantitative estimate of drug-likeness (QED) is 0.823. The summed E-state index contributed by atoms with van der Waals surface area (Å²) in [5.41, 5.74) is 1.69. The van der Waals surface area contributed by atoms with Gasteiger partial charge in [-0.3, -0.25) is 4.79 Å². The Kier molecular flexibility index (Phi) is 2.83. The Morgan fingerprint density at radius 3 is 2.50 bits per heavy atom. The van der Waals surface area contributed by atoms with Gasteiger partial charge < -0.3 is 14.8 Å². The number of ketones is 1. The highest BCUT2D eigenvalue weighted by molar-refractivity contribution is 6.00. The van der Waals surface area contributed by atoms with E-state index in [1.807, 2.05) is 13.0 Å². The van der Waals surface area contributed by atoms with Gasteiger partial charge in [-0.25, -0.2) is 0 Å². The van der Waals surface area contributed by atoms with Gasteiger partial charge in [0.05, 0.1) is 20.8 Å². The molecule has 1 unspecified atom stereocenters. The first-order valence-electron chi connectivity index (χ1n) is 5.20. The van der Waals surface area contributed by atoms with Crippen LogP contribution in [0.3, 0.4) is 0 Å². The number of methoxy groups -OCH3 is 2. The van der Waals surface area contributed by atoms with Crippen LogP contribution in [0.2, 0.25) is 0 Å². The van der Waals surface area contributed by atoms with Crippen LogP contribution in [-0.4, -0.2) is 26.5 Å². The Bertz CT molecular complexity index is 429. The number of carbonyl (C=O) groups excluding carboxylic acids is 1. The standard InChI is InChI=1S/C12H15NO3/c1-7-8-4-11(15-2)12(16-3)5-9(8)10(14)6-13-7/h4-5,7,13H,6H2,1-3H3. The smallest absolute Gasteiger partial charge is 0.177 e. The lowest BCUT2D eigenvalue weighted by molar-refractivity contribution is 0.0976. The lowest BCUT2D eigenvalue weighted by atomic mass is 9.94. The lowest BCUT2D eigenvalue weighted by Gasteiger charge is -2.24. The summed E-state index contributed by atoms with van der Waals surface area (Å²) in [5, 5.41) is 3.13. The molecule has 1 aliphatic heterocycles. The van der Waals surface area contributed by atoms with Gasteiger partial charge >= 0.3 is 0 Å². The molecule has 1 atom stereocenters. The summed E-state index contributed by atoms with van der Waals surface area (Å²) in [7, 11) is 3.16. The highest BCUT2D eigenvalue weighted by Gasteiger charge is 2.24. The maximum Gasteiger partial charge on any atom is 0.177 e. The van der Waals surface area contributed by atoms with Crippen LogP contribution < -0.4 is 14.8 Å². The maximum atomic E-state index is 11.7. The molecule has 0 saturated heterocycles. The molecule has 0 aliphatic carbocycles. The van der Waals surface area contributed by atoms with Gasteiger partial charge in [0.2, 0.25) is 0 Å². The van der Waals surface area contributed by atoms with E-state index in [1.165, 1.54) is 0 Å². The summed E-state index contributed by atoms with van der Waals surface area (Å²) in [4.78, 5) is 11.7. The number of benzene rings is 1. The van der Waals surface area contributed by atoms with Crippen LogP contribution in [-0.2, 0) is 0 Å². The van der Waals surface area contributed by atoms with Crippen LogP contribution in [0.25, 0.3) is 0 Å². The predicted molar refractivity (Wildman–Crippen MR) is 60.3 cm³/mol. The average molecular weight is 221 g/mol. The van der Waals surface area contributed by atoms with Crippen molar-refractivity contribution in [2.75, 3.05) is 20.8 Å². The summed E-state index contributed by atoms with van der Waals surface area (Å²) < 4.78 is 10.4. The Morgan fingerprint density at radius 2 is 1.88 bits per heavy atom. The van der Waals surface area contributed by atoms with E-state index in [2.05, 4.69) is 5.32 Å². The monoisotopic (exact) mass is 221 g/mol. The number of carbonyl (C=O) groups is 1. The van der Waals surface area contributed by atoms with E-state index in [9.17, 15) is 4.79 Å². The molecule has 1 N–H and O–H groups in total.